The first-order chi connectivity index (χ1) is 7.44. The van der Waals surface area contributed by atoms with Crippen molar-refractivity contribution >= 4 is 16.0 Å². The number of carbonyl (C=O) groups is 1. The SMILES string of the molecule is COCCN(CCC#N)S(=O)(=O)CC(=O)O. The van der Waals surface area contributed by atoms with E-state index in [1.54, 1.807) is 6.07 Å². The molecule has 0 radical (unpaired) electrons. The van der Waals surface area contributed by atoms with Crippen LogP contribution in [0.3, 0.4) is 0 Å². The number of nitriles is 1. The summed E-state index contributed by atoms with van der Waals surface area (Å²) in [4.78, 5) is 10.4. The Labute approximate surface area is 94.3 Å². The maximum Gasteiger partial charge on any atom is 0.320 e. The van der Waals surface area contributed by atoms with Crippen molar-refractivity contribution in [2.45, 2.75) is 6.42 Å². The number of sulfonamides is 1. The van der Waals surface area contributed by atoms with Crippen LogP contribution in [-0.4, -0.2) is 56.4 Å². The third-order valence-corrected chi connectivity index (χ3v) is 3.48. The predicted molar refractivity (Wildman–Crippen MR) is 55.1 cm³/mol. The Morgan fingerprint density at radius 3 is 2.56 bits per heavy atom. The fourth-order valence-corrected chi connectivity index (χ4v) is 2.22. The molecule has 0 aliphatic rings. The number of ether oxygens (including phenoxy) is 1. The summed E-state index contributed by atoms with van der Waals surface area (Å²) in [5.74, 6) is -2.39. The highest BCUT2D eigenvalue weighted by Crippen LogP contribution is 2.02. The van der Waals surface area contributed by atoms with E-state index in [0.29, 0.717) is 0 Å². The van der Waals surface area contributed by atoms with Crippen molar-refractivity contribution in [1.82, 2.24) is 4.31 Å². The van der Waals surface area contributed by atoms with Crippen LogP contribution in [0, 0.1) is 11.3 Å². The number of rotatable bonds is 8. The van der Waals surface area contributed by atoms with Gasteiger partial charge in [0.15, 0.2) is 5.75 Å². The highest BCUT2D eigenvalue weighted by atomic mass is 32.2. The molecule has 0 heterocycles. The van der Waals surface area contributed by atoms with Gasteiger partial charge in [-0.1, -0.05) is 0 Å². The average Bonchev–Trinajstić information content (AvgIpc) is 2.15. The summed E-state index contributed by atoms with van der Waals surface area (Å²) in [5.41, 5.74) is 0. The molecular formula is C8H14N2O5S. The molecule has 0 saturated heterocycles. The van der Waals surface area contributed by atoms with E-state index in [1.165, 1.54) is 7.11 Å². The van der Waals surface area contributed by atoms with Crippen molar-refractivity contribution < 1.29 is 23.1 Å². The van der Waals surface area contributed by atoms with Crippen LogP contribution in [0.25, 0.3) is 0 Å². The summed E-state index contributed by atoms with van der Waals surface area (Å²) < 4.78 is 28.7. The van der Waals surface area contributed by atoms with Gasteiger partial charge in [0.05, 0.1) is 12.7 Å². The van der Waals surface area contributed by atoms with E-state index in [1.807, 2.05) is 0 Å². The van der Waals surface area contributed by atoms with Gasteiger partial charge in [0.2, 0.25) is 10.0 Å². The fourth-order valence-electron chi connectivity index (χ4n) is 1.01. The monoisotopic (exact) mass is 250 g/mol. The molecule has 0 aliphatic heterocycles. The molecular weight excluding hydrogens is 236 g/mol. The van der Waals surface area contributed by atoms with Gasteiger partial charge in [-0.05, 0) is 0 Å². The number of hydrogen-bond acceptors (Lipinski definition) is 5. The Balaban J connectivity index is 4.59. The average molecular weight is 250 g/mol. The molecule has 0 amide bonds. The summed E-state index contributed by atoms with van der Waals surface area (Å²) in [6.07, 6.45) is 0.0164. The van der Waals surface area contributed by atoms with E-state index in [2.05, 4.69) is 0 Å². The molecule has 0 aliphatic carbocycles. The molecule has 0 atom stereocenters. The minimum Gasteiger partial charge on any atom is -0.480 e. The zero-order valence-corrected chi connectivity index (χ0v) is 9.73. The molecule has 0 aromatic rings. The van der Waals surface area contributed by atoms with E-state index in [0.717, 1.165) is 4.31 Å². The van der Waals surface area contributed by atoms with Crippen molar-refractivity contribution in [2.75, 3.05) is 32.6 Å². The van der Waals surface area contributed by atoms with E-state index in [-0.39, 0.29) is 26.1 Å². The van der Waals surface area contributed by atoms with Gasteiger partial charge in [-0.2, -0.15) is 9.57 Å². The van der Waals surface area contributed by atoms with E-state index >= 15 is 0 Å². The fraction of sp³-hybridized carbons (Fsp3) is 0.750. The smallest absolute Gasteiger partial charge is 0.320 e. The molecule has 0 aromatic carbocycles. The second-order valence-corrected chi connectivity index (χ2v) is 4.92. The Kier molecular flexibility index (Phi) is 6.64. The minimum absolute atomic E-state index is 0.0164. The molecule has 0 spiro atoms. The van der Waals surface area contributed by atoms with Crippen LogP contribution in [0.1, 0.15) is 6.42 Å². The van der Waals surface area contributed by atoms with Gasteiger partial charge in [-0.3, -0.25) is 4.79 Å². The van der Waals surface area contributed by atoms with Crippen LogP contribution >= 0.6 is 0 Å². The molecule has 0 bridgehead atoms. The number of carboxylic acid groups (broad SMARTS) is 1. The summed E-state index contributed by atoms with van der Waals surface area (Å²) in [7, 11) is -2.45. The predicted octanol–water partition coefficient (Wildman–Crippen LogP) is -0.737. The van der Waals surface area contributed by atoms with Crippen molar-refractivity contribution in [2.24, 2.45) is 0 Å². The zero-order valence-electron chi connectivity index (χ0n) is 8.92. The van der Waals surface area contributed by atoms with E-state index < -0.39 is 21.7 Å². The largest absolute Gasteiger partial charge is 0.480 e. The first kappa shape index (κ1) is 14.8. The van der Waals surface area contributed by atoms with Crippen LogP contribution in [0.15, 0.2) is 0 Å². The van der Waals surface area contributed by atoms with Gasteiger partial charge in [-0.25, -0.2) is 8.42 Å². The van der Waals surface area contributed by atoms with Crippen molar-refractivity contribution in [3.05, 3.63) is 0 Å². The van der Waals surface area contributed by atoms with Crippen molar-refractivity contribution in [3.8, 4) is 6.07 Å². The summed E-state index contributed by atoms with van der Waals surface area (Å²) in [5, 5.41) is 16.8. The highest BCUT2D eigenvalue weighted by Gasteiger charge is 2.24. The molecule has 1 N–H and O–H groups in total. The molecule has 16 heavy (non-hydrogen) atoms. The first-order valence-corrected chi connectivity index (χ1v) is 6.10. The quantitative estimate of drug-likeness (QED) is 0.608. The summed E-state index contributed by atoms with van der Waals surface area (Å²) in [6.45, 7) is 0.188. The maximum atomic E-state index is 11.5. The second-order valence-electron chi connectivity index (χ2n) is 2.95. The molecule has 8 heteroatoms. The van der Waals surface area contributed by atoms with Gasteiger partial charge in [0.25, 0.3) is 0 Å². The molecule has 0 rings (SSSR count). The lowest BCUT2D eigenvalue weighted by atomic mass is 10.4. The Bertz CT molecular complexity index is 359. The lowest BCUT2D eigenvalue weighted by molar-refractivity contribution is -0.134. The van der Waals surface area contributed by atoms with Gasteiger partial charge in [-0.15, -0.1) is 0 Å². The highest BCUT2D eigenvalue weighted by molar-refractivity contribution is 7.89. The Morgan fingerprint density at radius 1 is 1.50 bits per heavy atom. The standard InChI is InChI=1S/C8H14N2O5S/c1-15-6-5-10(4-2-3-9)16(13,14)7-8(11)12/h2,4-7H2,1H3,(H,11,12). The van der Waals surface area contributed by atoms with Crippen LogP contribution < -0.4 is 0 Å². The summed E-state index contributed by atoms with van der Waals surface area (Å²) >= 11 is 0. The number of aliphatic carboxylic acids is 1. The number of methoxy groups -OCH3 is 1. The van der Waals surface area contributed by atoms with Gasteiger partial charge >= 0.3 is 5.97 Å². The topological polar surface area (TPSA) is 108 Å². The lowest BCUT2D eigenvalue weighted by Gasteiger charge is -2.19. The molecule has 7 nitrogen and oxygen atoms in total. The van der Waals surface area contributed by atoms with E-state index in [4.69, 9.17) is 15.1 Å². The number of nitrogens with zero attached hydrogens (tertiary/aromatic N) is 2. The van der Waals surface area contributed by atoms with Crippen LogP contribution in [-0.2, 0) is 19.6 Å². The Hall–Kier alpha value is -1.17. The molecule has 92 valence electrons. The van der Waals surface area contributed by atoms with Gasteiger partial charge in [0.1, 0.15) is 0 Å². The van der Waals surface area contributed by atoms with Crippen LogP contribution in [0.2, 0.25) is 0 Å². The lowest BCUT2D eigenvalue weighted by Crippen LogP contribution is -2.38. The first-order valence-electron chi connectivity index (χ1n) is 4.49. The molecule has 0 saturated carbocycles. The zero-order chi connectivity index (χ0) is 12.6. The molecule has 0 aromatic heterocycles. The van der Waals surface area contributed by atoms with Crippen molar-refractivity contribution in [3.63, 3.8) is 0 Å². The second kappa shape index (κ2) is 7.16. The molecule has 0 unspecified atom stereocenters. The van der Waals surface area contributed by atoms with E-state index in [9.17, 15) is 13.2 Å². The van der Waals surface area contributed by atoms with Gasteiger partial charge in [0, 0.05) is 26.6 Å². The number of hydrogen-bond donors (Lipinski definition) is 1. The summed E-state index contributed by atoms with van der Waals surface area (Å²) in [6, 6.07) is 1.81. The third-order valence-electron chi connectivity index (χ3n) is 1.72. The van der Waals surface area contributed by atoms with Crippen LogP contribution in [0.4, 0.5) is 0 Å². The van der Waals surface area contributed by atoms with Crippen molar-refractivity contribution in [1.29, 1.82) is 5.26 Å². The maximum absolute atomic E-state index is 11.5. The third kappa shape index (κ3) is 5.65. The number of carboxylic acids is 1. The van der Waals surface area contributed by atoms with Crippen LogP contribution in [0.5, 0.6) is 0 Å². The normalized spacial score (nSPS) is 11.3. The minimum atomic E-state index is -3.86. The molecule has 0 fully saturated rings. The van der Waals surface area contributed by atoms with Gasteiger partial charge < -0.3 is 9.84 Å². The Morgan fingerprint density at radius 2 is 2.12 bits per heavy atom.